The van der Waals surface area contributed by atoms with Crippen LogP contribution in [0.3, 0.4) is 0 Å². The quantitative estimate of drug-likeness (QED) is 0.676. The van der Waals surface area contributed by atoms with Gasteiger partial charge in [-0.15, -0.1) is 0 Å². The monoisotopic (exact) mass is 166 g/mol. The Labute approximate surface area is 72.6 Å². The topological polar surface area (TPSA) is 37.3 Å². The molecule has 0 aromatic rings. The van der Waals surface area contributed by atoms with E-state index in [1.165, 1.54) is 13.8 Å². The number of hydrogen-bond acceptors (Lipinski definition) is 2. The molecule has 0 fully saturated rings. The average molecular weight is 166 g/mol. The van der Waals surface area contributed by atoms with Gasteiger partial charge < -0.3 is 5.11 Å². The first kappa shape index (κ1) is 9.20. The highest BCUT2D eigenvalue weighted by Crippen LogP contribution is 2.16. The Morgan fingerprint density at radius 3 is 2.58 bits per heavy atom. The Morgan fingerprint density at radius 2 is 2.17 bits per heavy atom. The molecule has 1 aliphatic carbocycles. The normalized spacial score (nSPS) is 17.4. The molecule has 66 valence electrons. The van der Waals surface area contributed by atoms with Crippen molar-refractivity contribution in [2.75, 3.05) is 0 Å². The number of Topliss-reactive ketones (excluding diaryl/α,β-unsaturated/α-hetero) is 1. The maximum Gasteiger partial charge on any atom is 0.193 e. The highest BCUT2D eigenvalue weighted by molar-refractivity contribution is 6.03. The number of carbonyl (C=O) groups is 1. The van der Waals surface area contributed by atoms with Gasteiger partial charge in [0.25, 0.3) is 0 Å². The Hall–Kier alpha value is -0.890. The molecule has 0 aromatic heterocycles. The lowest BCUT2D eigenvalue weighted by molar-refractivity contribution is -0.129. The number of carbonyl (C=O) groups excluding carboxylic acids is 1. The zero-order chi connectivity index (χ0) is 9.19. The molecule has 0 aromatic carbocycles. The molecule has 0 amide bonds. The zero-order valence-electron chi connectivity index (χ0n) is 7.50. The van der Waals surface area contributed by atoms with Crippen LogP contribution in [0.1, 0.15) is 26.7 Å². The minimum atomic E-state index is -1.24. The van der Waals surface area contributed by atoms with Crippen molar-refractivity contribution in [1.82, 2.24) is 0 Å². The van der Waals surface area contributed by atoms with Crippen molar-refractivity contribution in [3.05, 3.63) is 23.8 Å². The first-order chi connectivity index (χ1) is 5.52. The fraction of sp³-hybridized carbons (Fsp3) is 0.500. The second-order valence-electron chi connectivity index (χ2n) is 3.53. The number of aliphatic hydroxyl groups is 1. The van der Waals surface area contributed by atoms with Gasteiger partial charge in [-0.3, -0.25) is 4.79 Å². The van der Waals surface area contributed by atoms with Crippen LogP contribution in [-0.4, -0.2) is 16.5 Å². The van der Waals surface area contributed by atoms with Gasteiger partial charge in [0, 0.05) is 5.57 Å². The van der Waals surface area contributed by atoms with Crippen LogP contribution >= 0.6 is 0 Å². The lowest BCUT2D eigenvalue weighted by atomic mass is 9.93. The van der Waals surface area contributed by atoms with E-state index in [9.17, 15) is 9.90 Å². The third kappa shape index (κ3) is 2.05. The van der Waals surface area contributed by atoms with Crippen molar-refractivity contribution >= 4 is 5.78 Å². The summed E-state index contributed by atoms with van der Waals surface area (Å²) in [5.74, 6) is -0.196. The Morgan fingerprint density at radius 1 is 1.50 bits per heavy atom. The predicted octanol–water partition coefficient (Wildman–Crippen LogP) is 1.60. The largest absolute Gasteiger partial charge is 0.382 e. The summed E-state index contributed by atoms with van der Waals surface area (Å²) < 4.78 is 0. The van der Waals surface area contributed by atoms with Crippen molar-refractivity contribution in [3.63, 3.8) is 0 Å². The zero-order valence-corrected chi connectivity index (χ0v) is 7.50. The van der Waals surface area contributed by atoms with E-state index in [4.69, 9.17) is 0 Å². The Balaban J connectivity index is 2.77. The first-order valence-electron chi connectivity index (χ1n) is 4.15. The van der Waals surface area contributed by atoms with Crippen LogP contribution < -0.4 is 0 Å². The van der Waals surface area contributed by atoms with Crippen molar-refractivity contribution < 1.29 is 9.90 Å². The minimum absolute atomic E-state index is 0.196. The van der Waals surface area contributed by atoms with Crippen molar-refractivity contribution in [2.24, 2.45) is 0 Å². The summed E-state index contributed by atoms with van der Waals surface area (Å²) in [5.41, 5.74) is -0.609. The summed E-state index contributed by atoms with van der Waals surface area (Å²) >= 11 is 0. The fourth-order valence-electron chi connectivity index (χ4n) is 1.14. The molecular formula is C10H14O2. The van der Waals surface area contributed by atoms with Gasteiger partial charge >= 0.3 is 0 Å². The molecular weight excluding hydrogens is 152 g/mol. The van der Waals surface area contributed by atoms with E-state index >= 15 is 0 Å². The van der Waals surface area contributed by atoms with Crippen LogP contribution in [0.2, 0.25) is 0 Å². The van der Waals surface area contributed by atoms with Crippen LogP contribution in [0, 0.1) is 0 Å². The molecule has 0 heterocycles. The molecule has 1 rings (SSSR count). The molecule has 0 saturated heterocycles. The molecule has 0 aliphatic heterocycles. The molecule has 1 N–H and O–H groups in total. The van der Waals surface area contributed by atoms with Crippen LogP contribution in [-0.2, 0) is 4.79 Å². The van der Waals surface area contributed by atoms with Gasteiger partial charge in [0.2, 0.25) is 0 Å². The summed E-state index contributed by atoms with van der Waals surface area (Å²) in [6, 6.07) is 0. The van der Waals surface area contributed by atoms with E-state index < -0.39 is 5.60 Å². The SMILES string of the molecule is CC(C)(O)C(=O)C1=CCCC=C1. The Bertz CT molecular complexity index is 241. The second-order valence-corrected chi connectivity index (χ2v) is 3.53. The molecule has 2 heteroatoms. The summed E-state index contributed by atoms with van der Waals surface area (Å²) in [4.78, 5) is 11.5. The van der Waals surface area contributed by atoms with Gasteiger partial charge in [0.1, 0.15) is 5.60 Å². The number of rotatable bonds is 2. The molecule has 0 atom stereocenters. The standard InChI is InChI=1S/C10H14O2/c1-10(2,12)9(11)8-6-4-3-5-7-8/h4,6-7,12H,3,5H2,1-2H3. The van der Waals surface area contributed by atoms with E-state index in [0.717, 1.165) is 12.8 Å². The summed E-state index contributed by atoms with van der Waals surface area (Å²) in [6.07, 6.45) is 7.50. The third-order valence-electron chi connectivity index (χ3n) is 1.81. The summed E-state index contributed by atoms with van der Waals surface area (Å²) in [6.45, 7) is 3.03. The molecule has 1 aliphatic rings. The van der Waals surface area contributed by atoms with Gasteiger partial charge in [-0.05, 0) is 26.7 Å². The second kappa shape index (κ2) is 3.23. The molecule has 0 radical (unpaired) electrons. The number of hydrogen-bond donors (Lipinski definition) is 1. The lowest BCUT2D eigenvalue weighted by Crippen LogP contribution is -2.32. The van der Waals surface area contributed by atoms with Crippen molar-refractivity contribution in [2.45, 2.75) is 32.3 Å². The molecule has 0 bridgehead atoms. The van der Waals surface area contributed by atoms with E-state index in [0.29, 0.717) is 5.57 Å². The minimum Gasteiger partial charge on any atom is -0.382 e. The first-order valence-corrected chi connectivity index (χ1v) is 4.15. The highest BCUT2D eigenvalue weighted by atomic mass is 16.3. The fourth-order valence-corrected chi connectivity index (χ4v) is 1.14. The smallest absolute Gasteiger partial charge is 0.193 e. The third-order valence-corrected chi connectivity index (χ3v) is 1.81. The lowest BCUT2D eigenvalue weighted by Gasteiger charge is -2.17. The summed E-state index contributed by atoms with van der Waals surface area (Å²) in [5, 5.41) is 9.41. The Kier molecular flexibility index (Phi) is 2.48. The van der Waals surface area contributed by atoms with Gasteiger partial charge in [0.05, 0.1) is 0 Å². The van der Waals surface area contributed by atoms with E-state index in [1.807, 2.05) is 12.2 Å². The maximum atomic E-state index is 11.5. The highest BCUT2D eigenvalue weighted by Gasteiger charge is 2.25. The van der Waals surface area contributed by atoms with E-state index in [2.05, 4.69) is 0 Å². The van der Waals surface area contributed by atoms with Crippen LogP contribution in [0.15, 0.2) is 23.8 Å². The molecule has 12 heavy (non-hydrogen) atoms. The van der Waals surface area contributed by atoms with Crippen molar-refractivity contribution in [3.8, 4) is 0 Å². The number of allylic oxidation sites excluding steroid dienone is 3. The molecule has 0 unspecified atom stereocenters. The van der Waals surface area contributed by atoms with Crippen LogP contribution in [0.25, 0.3) is 0 Å². The molecule has 2 nitrogen and oxygen atoms in total. The van der Waals surface area contributed by atoms with Gasteiger partial charge in [0.15, 0.2) is 5.78 Å². The van der Waals surface area contributed by atoms with Crippen molar-refractivity contribution in [1.29, 1.82) is 0 Å². The molecule has 0 saturated carbocycles. The number of ketones is 1. The molecule has 0 spiro atoms. The van der Waals surface area contributed by atoms with E-state index in [-0.39, 0.29) is 5.78 Å². The van der Waals surface area contributed by atoms with Gasteiger partial charge in [-0.1, -0.05) is 18.2 Å². The van der Waals surface area contributed by atoms with E-state index in [1.54, 1.807) is 6.08 Å². The van der Waals surface area contributed by atoms with Crippen LogP contribution in [0.4, 0.5) is 0 Å². The predicted molar refractivity (Wildman–Crippen MR) is 47.8 cm³/mol. The average Bonchev–Trinajstić information content (AvgIpc) is 2.03. The van der Waals surface area contributed by atoms with Gasteiger partial charge in [-0.25, -0.2) is 0 Å². The maximum absolute atomic E-state index is 11.5. The van der Waals surface area contributed by atoms with Crippen LogP contribution in [0.5, 0.6) is 0 Å². The summed E-state index contributed by atoms with van der Waals surface area (Å²) in [7, 11) is 0. The van der Waals surface area contributed by atoms with Gasteiger partial charge in [-0.2, -0.15) is 0 Å².